The van der Waals surface area contributed by atoms with Crippen LogP contribution in [-0.2, 0) is 9.53 Å². The van der Waals surface area contributed by atoms with Crippen LogP contribution in [0.25, 0.3) is 0 Å². The molecule has 1 amide bonds. The van der Waals surface area contributed by atoms with Crippen molar-refractivity contribution in [2.24, 2.45) is 17.3 Å². The highest BCUT2D eigenvalue weighted by Gasteiger charge is 2.54. The molecule has 3 rings (SSSR count). The summed E-state index contributed by atoms with van der Waals surface area (Å²) in [7, 11) is 0. The molecule has 3 atom stereocenters. The highest BCUT2D eigenvalue weighted by molar-refractivity contribution is 9.11. The number of nitrogens with zero attached hydrogens (tertiary/aromatic N) is 1. The summed E-state index contributed by atoms with van der Waals surface area (Å²) >= 11 is 3.39. The van der Waals surface area contributed by atoms with Crippen LogP contribution in [0.4, 0.5) is 0 Å². The topological polar surface area (TPSA) is 29.5 Å². The molecule has 2 saturated heterocycles. The van der Waals surface area contributed by atoms with E-state index in [1.165, 1.54) is 19.3 Å². The van der Waals surface area contributed by atoms with Gasteiger partial charge < -0.3 is 9.64 Å². The smallest absolute Gasteiger partial charge is 0.228 e. The van der Waals surface area contributed by atoms with Crippen molar-refractivity contribution in [2.45, 2.75) is 65.6 Å². The Morgan fingerprint density at radius 1 is 1.36 bits per heavy atom. The number of rotatable bonds is 5. The van der Waals surface area contributed by atoms with Crippen LogP contribution in [0, 0.1) is 17.3 Å². The normalized spacial score (nSPS) is 30.1. The summed E-state index contributed by atoms with van der Waals surface area (Å²) in [6.07, 6.45) is 12.1. The van der Waals surface area contributed by atoms with E-state index in [2.05, 4.69) is 36.4 Å². The number of allylic oxidation sites excluding steroid dienone is 4. The van der Waals surface area contributed by atoms with E-state index < -0.39 is 0 Å². The third kappa shape index (κ3) is 4.11. The molecule has 0 aromatic rings. The maximum atomic E-state index is 13.0. The van der Waals surface area contributed by atoms with Crippen molar-refractivity contribution < 1.29 is 9.53 Å². The van der Waals surface area contributed by atoms with Gasteiger partial charge in [0.25, 0.3) is 0 Å². The van der Waals surface area contributed by atoms with Crippen molar-refractivity contribution in [3.05, 3.63) is 35.4 Å². The first kappa shape index (κ1) is 20.4. The molecule has 140 valence electrons. The lowest BCUT2D eigenvalue weighted by molar-refractivity contribution is -0.140. The van der Waals surface area contributed by atoms with E-state index in [9.17, 15) is 4.79 Å². The quantitative estimate of drug-likeness (QED) is 0.566. The van der Waals surface area contributed by atoms with Crippen LogP contribution in [0.5, 0.6) is 0 Å². The number of hydrogen-bond donors (Lipinski definition) is 0. The van der Waals surface area contributed by atoms with Gasteiger partial charge in [0, 0.05) is 10.4 Å². The molecule has 2 heterocycles. The fraction of sp³-hybridized carbons (Fsp3) is 0.667. The zero-order valence-corrected chi connectivity index (χ0v) is 17.6. The summed E-state index contributed by atoms with van der Waals surface area (Å²) < 4.78 is 6.73. The molecule has 1 aliphatic carbocycles. The van der Waals surface area contributed by atoms with Crippen LogP contribution in [0.1, 0.15) is 53.4 Å². The second kappa shape index (κ2) is 8.68. The lowest BCUT2D eigenvalue weighted by atomic mass is 9.61. The minimum absolute atomic E-state index is 0.111. The fourth-order valence-corrected chi connectivity index (χ4v) is 4.29. The molecule has 1 saturated carbocycles. The molecule has 0 bridgehead atoms. The summed E-state index contributed by atoms with van der Waals surface area (Å²) in [4.78, 5) is 15.0. The number of ether oxygens (including phenoxy) is 1. The van der Waals surface area contributed by atoms with Crippen molar-refractivity contribution in [3.8, 4) is 0 Å². The Labute approximate surface area is 161 Å². The van der Waals surface area contributed by atoms with E-state index in [-0.39, 0.29) is 29.5 Å². The molecule has 0 radical (unpaired) electrons. The molecule has 3 aliphatic rings. The Bertz CT molecular complexity index is 548. The van der Waals surface area contributed by atoms with Crippen LogP contribution in [0.2, 0.25) is 0 Å². The van der Waals surface area contributed by atoms with Gasteiger partial charge >= 0.3 is 0 Å². The average molecular weight is 410 g/mol. The summed E-state index contributed by atoms with van der Waals surface area (Å²) in [5.74, 6) is 1.14. The van der Waals surface area contributed by atoms with Crippen LogP contribution in [0.15, 0.2) is 35.4 Å². The van der Waals surface area contributed by atoms with Crippen molar-refractivity contribution in [1.82, 2.24) is 4.90 Å². The van der Waals surface area contributed by atoms with Gasteiger partial charge in [-0.25, -0.2) is 0 Å². The van der Waals surface area contributed by atoms with Crippen LogP contribution in [-0.4, -0.2) is 29.7 Å². The standard InChI is InChI=1S/C19H26BrNO2.C2H6/c1-4-14(20)9-6-10-17-21-15(12-23-17)11-16(18(21)22)19(2,3)13-7-5-8-13;1-2/h4,6,9-10,13,15-17H,1,5,7-8,11-12H2,2-3H3;1-2H3/b10-6+,14-9+;/t15-,16?,17+;/m0./s1. The van der Waals surface area contributed by atoms with E-state index in [0.29, 0.717) is 12.5 Å². The van der Waals surface area contributed by atoms with Crippen LogP contribution < -0.4 is 0 Å². The van der Waals surface area contributed by atoms with E-state index >= 15 is 0 Å². The average Bonchev–Trinajstić information content (AvgIpc) is 3.08. The van der Waals surface area contributed by atoms with E-state index in [0.717, 1.165) is 10.9 Å². The van der Waals surface area contributed by atoms with Gasteiger partial charge in [-0.05, 0) is 42.7 Å². The SMILES string of the molecule is C=C/C(Br)=C\C=C\[C@H]1OC[C@@H]2CC(C(C)(C)C3CCC3)C(=O)N21.CC. The Kier molecular flexibility index (Phi) is 7.10. The molecule has 0 spiro atoms. The minimum Gasteiger partial charge on any atom is -0.352 e. The third-order valence-electron chi connectivity index (χ3n) is 5.97. The van der Waals surface area contributed by atoms with Crippen LogP contribution in [0.3, 0.4) is 0 Å². The largest absolute Gasteiger partial charge is 0.352 e. The predicted molar refractivity (Wildman–Crippen MR) is 107 cm³/mol. The Balaban J connectivity index is 0.00000109. The maximum Gasteiger partial charge on any atom is 0.228 e. The lowest BCUT2D eigenvalue weighted by Crippen LogP contribution is -2.42. The van der Waals surface area contributed by atoms with Gasteiger partial charge in [-0.3, -0.25) is 4.79 Å². The van der Waals surface area contributed by atoms with Crippen LogP contribution >= 0.6 is 15.9 Å². The van der Waals surface area contributed by atoms with Crippen molar-refractivity contribution in [2.75, 3.05) is 6.61 Å². The molecule has 3 nitrogen and oxygen atoms in total. The number of fused-ring (bicyclic) bond motifs is 1. The van der Waals surface area contributed by atoms with Crippen molar-refractivity contribution in [1.29, 1.82) is 0 Å². The number of halogens is 1. The van der Waals surface area contributed by atoms with Crippen molar-refractivity contribution >= 4 is 21.8 Å². The zero-order valence-electron chi connectivity index (χ0n) is 16.0. The Morgan fingerprint density at radius 2 is 2.04 bits per heavy atom. The minimum atomic E-state index is -0.226. The predicted octanol–water partition coefficient (Wildman–Crippen LogP) is 5.43. The number of amides is 1. The number of carbonyl (C=O) groups is 1. The second-order valence-electron chi connectivity index (χ2n) is 7.50. The molecule has 0 aromatic carbocycles. The monoisotopic (exact) mass is 409 g/mol. The highest BCUT2D eigenvalue weighted by Crippen LogP contribution is 2.51. The Hall–Kier alpha value is -0.870. The molecule has 1 unspecified atom stereocenters. The highest BCUT2D eigenvalue weighted by atomic mass is 79.9. The fourth-order valence-electron chi connectivity index (χ4n) is 4.14. The van der Waals surface area contributed by atoms with E-state index in [1.54, 1.807) is 6.08 Å². The van der Waals surface area contributed by atoms with Crippen molar-refractivity contribution in [3.63, 3.8) is 0 Å². The summed E-state index contributed by atoms with van der Waals surface area (Å²) in [5.41, 5.74) is 0.111. The summed E-state index contributed by atoms with van der Waals surface area (Å²) in [5, 5.41) is 0. The third-order valence-corrected chi connectivity index (χ3v) is 6.56. The van der Waals surface area contributed by atoms with Gasteiger partial charge in [0.1, 0.15) is 0 Å². The van der Waals surface area contributed by atoms with Gasteiger partial charge in [0.2, 0.25) is 5.91 Å². The molecule has 3 fully saturated rings. The van der Waals surface area contributed by atoms with E-state index in [1.807, 2.05) is 37.0 Å². The molecule has 2 aliphatic heterocycles. The molecule has 25 heavy (non-hydrogen) atoms. The molecule has 0 aromatic heterocycles. The first-order valence-electron chi connectivity index (χ1n) is 9.55. The summed E-state index contributed by atoms with van der Waals surface area (Å²) in [6, 6.07) is 0.244. The lowest BCUT2D eigenvalue weighted by Gasteiger charge is -2.43. The molecule has 4 heteroatoms. The van der Waals surface area contributed by atoms with Gasteiger partial charge in [0.05, 0.1) is 12.6 Å². The first-order chi connectivity index (χ1) is 11.9. The first-order valence-corrected chi connectivity index (χ1v) is 10.3. The number of carbonyl (C=O) groups excluding carboxylic acids is 1. The van der Waals surface area contributed by atoms with Gasteiger partial charge in [-0.1, -0.05) is 68.8 Å². The maximum absolute atomic E-state index is 13.0. The molecule has 0 N–H and O–H groups in total. The zero-order chi connectivity index (χ0) is 18.6. The van der Waals surface area contributed by atoms with Gasteiger partial charge in [-0.15, -0.1) is 0 Å². The number of hydrogen-bond acceptors (Lipinski definition) is 2. The van der Waals surface area contributed by atoms with Gasteiger partial charge in [0.15, 0.2) is 6.23 Å². The Morgan fingerprint density at radius 3 is 2.60 bits per heavy atom. The van der Waals surface area contributed by atoms with E-state index in [4.69, 9.17) is 4.74 Å². The molecular formula is C21H32BrNO2. The second-order valence-corrected chi connectivity index (χ2v) is 8.42. The molecular weight excluding hydrogens is 378 g/mol. The van der Waals surface area contributed by atoms with Gasteiger partial charge in [-0.2, -0.15) is 0 Å². The summed E-state index contributed by atoms with van der Waals surface area (Å²) in [6.45, 7) is 12.9.